The van der Waals surface area contributed by atoms with Crippen molar-refractivity contribution in [2.45, 2.75) is 26.2 Å². The summed E-state index contributed by atoms with van der Waals surface area (Å²) in [7, 11) is 0. The second-order valence-electron chi connectivity index (χ2n) is 3.14. The third-order valence-corrected chi connectivity index (χ3v) is 2.75. The van der Waals surface area contributed by atoms with Gasteiger partial charge in [-0.25, -0.2) is 0 Å². The van der Waals surface area contributed by atoms with Crippen molar-refractivity contribution < 1.29 is 9.90 Å². The zero-order chi connectivity index (χ0) is 10.6. The Labute approximate surface area is 92.1 Å². The van der Waals surface area contributed by atoms with E-state index in [2.05, 4.69) is 22.9 Å². The first kappa shape index (κ1) is 11.2. The third kappa shape index (κ3) is 2.58. The number of hydrogen-bond acceptors (Lipinski definition) is 2. The Balaban J connectivity index is 3.00. The van der Waals surface area contributed by atoms with Gasteiger partial charge in [-0.15, -0.1) is 0 Å². The number of aromatic hydroxyl groups is 1. The number of aldehydes is 1. The Hall–Kier alpha value is -0.830. The first-order chi connectivity index (χ1) is 6.69. The molecule has 0 heterocycles. The quantitative estimate of drug-likeness (QED) is 0.842. The molecule has 1 aromatic rings. The number of carbonyl (C=O) groups excluding carboxylic acids is 1. The van der Waals surface area contributed by atoms with Gasteiger partial charge in [0.2, 0.25) is 0 Å². The first-order valence-corrected chi connectivity index (χ1v) is 5.42. The largest absolute Gasteiger partial charge is 0.506 e. The zero-order valence-electron chi connectivity index (χ0n) is 8.09. The van der Waals surface area contributed by atoms with Crippen molar-refractivity contribution in [3.63, 3.8) is 0 Å². The highest BCUT2D eigenvalue weighted by Crippen LogP contribution is 2.30. The van der Waals surface area contributed by atoms with Crippen LogP contribution in [0.2, 0.25) is 0 Å². The minimum atomic E-state index is 0.254. The summed E-state index contributed by atoms with van der Waals surface area (Å²) in [6, 6.07) is 3.85. The van der Waals surface area contributed by atoms with Crippen molar-refractivity contribution in [3.05, 3.63) is 27.7 Å². The Kier molecular flexibility index (Phi) is 4.14. The maximum atomic E-state index is 10.2. The van der Waals surface area contributed by atoms with Crippen LogP contribution in [0, 0.1) is 0 Å². The molecular weight excluding hydrogens is 244 g/mol. The summed E-state index contributed by atoms with van der Waals surface area (Å²) < 4.78 is 0.706. The van der Waals surface area contributed by atoms with Crippen molar-refractivity contribution >= 4 is 22.2 Å². The van der Waals surface area contributed by atoms with Crippen LogP contribution in [0.1, 0.15) is 24.5 Å². The second-order valence-corrected chi connectivity index (χ2v) is 4.00. The molecule has 0 saturated heterocycles. The monoisotopic (exact) mass is 256 g/mol. The van der Waals surface area contributed by atoms with Crippen molar-refractivity contribution in [2.24, 2.45) is 0 Å². The van der Waals surface area contributed by atoms with Crippen LogP contribution in [0.5, 0.6) is 5.75 Å². The van der Waals surface area contributed by atoms with Gasteiger partial charge in [0.05, 0.1) is 4.47 Å². The molecule has 3 heteroatoms. The van der Waals surface area contributed by atoms with E-state index < -0.39 is 0 Å². The molecule has 2 nitrogen and oxygen atoms in total. The van der Waals surface area contributed by atoms with Gasteiger partial charge < -0.3 is 9.90 Å². The molecule has 0 bridgehead atoms. The molecule has 0 amide bonds. The normalized spacial score (nSPS) is 10.1. The predicted octanol–water partition coefficient (Wildman–Crippen LogP) is 2.85. The van der Waals surface area contributed by atoms with E-state index in [0.29, 0.717) is 17.3 Å². The van der Waals surface area contributed by atoms with E-state index in [1.54, 1.807) is 0 Å². The maximum absolute atomic E-state index is 10.2. The molecule has 0 atom stereocenters. The molecule has 0 fully saturated rings. The highest BCUT2D eigenvalue weighted by Gasteiger charge is 2.06. The number of rotatable bonds is 4. The summed E-state index contributed by atoms with van der Waals surface area (Å²) in [4.78, 5) is 10.2. The van der Waals surface area contributed by atoms with Crippen LogP contribution in [0.4, 0.5) is 0 Å². The molecule has 0 spiro atoms. The molecule has 0 aromatic heterocycles. The van der Waals surface area contributed by atoms with Crippen LogP contribution in [-0.4, -0.2) is 11.4 Å². The van der Waals surface area contributed by atoms with E-state index in [1.165, 1.54) is 0 Å². The Bertz CT molecular complexity index is 334. The molecule has 0 aliphatic rings. The van der Waals surface area contributed by atoms with E-state index in [4.69, 9.17) is 0 Å². The predicted molar refractivity (Wildman–Crippen MR) is 59.6 cm³/mol. The zero-order valence-corrected chi connectivity index (χ0v) is 9.67. The number of phenolic OH excluding ortho intramolecular Hbond substituents is 1. The van der Waals surface area contributed by atoms with Crippen LogP contribution in [-0.2, 0) is 17.6 Å². The molecular formula is C11H13BrO2. The summed E-state index contributed by atoms with van der Waals surface area (Å²) in [5.74, 6) is 0.254. The molecule has 1 aromatic carbocycles. The van der Waals surface area contributed by atoms with Gasteiger partial charge in [0, 0.05) is 6.42 Å². The fourth-order valence-electron chi connectivity index (χ4n) is 1.33. The Morgan fingerprint density at radius 2 is 2.21 bits per heavy atom. The minimum Gasteiger partial charge on any atom is -0.506 e. The lowest BCUT2D eigenvalue weighted by Gasteiger charge is -2.07. The SMILES string of the molecule is CCc1cc(Br)c(O)c(CCC=O)c1. The van der Waals surface area contributed by atoms with Gasteiger partial charge in [0.15, 0.2) is 0 Å². The summed E-state index contributed by atoms with van der Waals surface area (Å²) in [5.41, 5.74) is 2.00. The number of phenols is 1. The topological polar surface area (TPSA) is 37.3 Å². The van der Waals surface area contributed by atoms with E-state index in [-0.39, 0.29) is 5.75 Å². The van der Waals surface area contributed by atoms with Crippen molar-refractivity contribution in [2.75, 3.05) is 0 Å². The lowest BCUT2D eigenvalue weighted by molar-refractivity contribution is -0.107. The van der Waals surface area contributed by atoms with Gasteiger partial charge >= 0.3 is 0 Å². The highest BCUT2D eigenvalue weighted by molar-refractivity contribution is 9.10. The molecule has 0 aliphatic carbocycles. The molecule has 14 heavy (non-hydrogen) atoms. The fraction of sp³-hybridized carbons (Fsp3) is 0.364. The standard InChI is InChI=1S/C11H13BrO2/c1-2-8-6-9(4-3-5-13)11(14)10(12)7-8/h5-7,14H,2-4H2,1H3. The Morgan fingerprint density at radius 1 is 1.50 bits per heavy atom. The van der Waals surface area contributed by atoms with Gasteiger partial charge in [-0.2, -0.15) is 0 Å². The minimum absolute atomic E-state index is 0.254. The van der Waals surface area contributed by atoms with E-state index in [0.717, 1.165) is 23.8 Å². The molecule has 1 N–H and O–H groups in total. The molecule has 0 saturated carbocycles. The maximum Gasteiger partial charge on any atom is 0.132 e. The average Bonchev–Trinajstić information content (AvgIpc) is 2.20. The first-order valence-electron chi connectivity index (χ1n) is 4.63. The molecule has 0 unspecified atom stereocenters. The molecule has 1 rings (SSSR count). The third-order valence-electron chi connectivity index (χ3n) is 2.14. The van der Waals surface area contributed by atoms with Gasteiger partial charge in [0.25, 0.3) is 0 Å². The van der Waals surface area contributed by atoms with Crippen molar-refractivity contribution in [3.8, 4) is 5.75 Å². The lowest BCUT2D eigenvalue weighted by Crippen LogP contribution is -1.91. The smallest absolute Gasteiger partial charge is 0.132 e. The summed E-state index contributed by atoms with van der Waals surface area (Å²) in [5, 5.41) is 9.68. The van der Waals surface area contributed by atoms with Crippen LogP contribution < -0.4 is 0 Å². The highest BCUT2D eigenvalue weighted by atomic mass is 79.9. The van der Waals surface area contributed by atoms with E-state index in [9.17, 15) is 9.90 Å². The van der Waals surface area contributed by atoms with Gasteiger partial charge in [-0.05, 0) is 46.0 Å². The van der Waals surface area contributed by atoms with Crippen molar-refractivity contribution in [1.29, 1.82) is 0 Å². The van der Waals surface area contributed by atoms with Crippen LogP contribution in [0.15, 0.2) is 16.6 Å². The lowest BCUT2D eigenvalue weighted by atomic mass is 10.0. The molecule has 0 radical (unpaired) electrons. The number of carbonyl (C=O) groups is 1. The van der Waals surface area contributed by atoms with Gasteiger partial charge in [-0.1, -0.05) is 13.0 Å². The Morgan fingerprint density at radius 3 is 2.79 bits per heavy atom. The fourth-order valence-corrected chi connectivity index (χ4v) is 1.88. The average molecular weight is 257 g/mol. The molecule has 76 valence electrons. The summed E-state index contributed by atoms with van der Waals surface area (Å²) in [6.07, 6.45) is 2.84. The number of halogens is 1. The summed E-state index contributed by atoms with van der Waals surface area (Å²) >= 11 is 3.29. The van der Waals surface area contributed by atoms with E-state index in [1.807, 2.05) is 12.1 Å². The molecule has 0 aliphatic heterocycles. The van der Waals surface area contributed by atoms with Crippen LogP contribution in [0.25, 0.3) is 0 Å². The van der Waals surface area contributed by atoms with Gasteiger partial charge in [0.1, 0.15) is 12.0 Å². The summed E-state index contributed by atoms with van der Waals surface area (Å²) in [6.45, 7) is 2.06. The van der Waals surface area contributed by atoms with Crippen molar-refractivity contribution in [1.82, 2.24) is 0 Å². The van der Waals surface area contributed by atoms with Crippen LogP contribution in [0.3, 0.4) is 0 Å². The second kappa shape index (κ2) is 5.15. The van der Waals surface area contributed by atoms with Crippen LogP contribution >= 0.6 is 15.9 Å². The number of benzene rings is 1. The van der Waals surface area contributed by atoms with E-state index >= 15 is 0 Å². The number of hydrogen-bond donors (Lipinski definition) is 1. The number of aryl methyl sites for hydroxylation is 2. The van der Waals surface area contributed by atoms with Gasteiger partial charge in [-0.3, -0.25) is 0 Å².